The number of benzene rings is 1. The summed E-state index contributed by atoms with van der Waals surface area (Å²) in [5.41, 5.74) is 0.896. The van der Waals surface area contributed by atoms with Crippen LogP contribution in [0.1, 0.15) is 19.9 Å². The van der Waals surface area contributed by atoms with Gasteiger partial charge in [0.25, 0.3) is 0 Å². The molecule has 74 valence electrons. The van der Waals surface area contributed by atoms with Crippen molar-refractivity contribution in [1.29, 1.82) is 0 Å². The summed E-state index contributed by atoms with van der Waals surface area (Å²) in [4.78, 5) is 0. The van der Waals surface area contributed by atoms with Crippen molar-refractivity contribution in [2.75, 3.05) is 0 Å². The van der Waals surface area contributed by atoms with E-state index in [0.29, 0.717) is 16.1 Å². The summed E-state index contributed by atoms with van der Waals surface area (Å²) in [5, 5.41) is 8.05. The summed E-state index contributed by atoms with van der Waals surface area (Å²) in [6.07, 6.45) is 0. The highest BCUT2D eigenvalue weighted by atomic mass is 35.5. The zero-order chi connectivity index (χ0) is 10.3. The summed E-state index contributed by atoms with van der Waals surface area (Å²) >= 11 is 5.70. The van der Waals surface area contributed by atoms with Crippen molar-refractivity contribution in [3.8, 4) is 0 Å². The first kappa shape index (κ1) is 9.40. The van der Waals surface area contributed by atoms with Crippen molar-refractivity contribution < 1.29 is 4.39 Å². The molecule has 2 aromatic rings. The van der Waals surface area contributed by atoms with Crippen LogP contribution in [0.15, 0.2) is 12.1 Å². The second-order valence-corrected chi connectivity index (χ2v) is 3.82. The molecule has 5 heteroatoms. The average Bonchev–Trinajstić information content (AvgIpc) is 2.47. The molecule has 0 aliphatic carbocycles. The van der Waals surface area contributed by atoms with Crippen LogP contribution < -0.4 is 0 Å². The third-order valence-electron chi connectivity index (χ3n) is 1.98. The molecule has 2 rings (SSSR count). The zero-order valence-electron chi connectivity index (χ0n) is 7.83. The Morgan fingerprint density at radius 2 is 2.14 bits per heavy atom. The van der Waals surface area contributed by atoms with Gasteiger partial charge in [-0.05, 0) is 26.0 Å². The van der Waals surface area contributed by atoms with Gasteiger partial charge in [-0.1, -0.05) is 16.8 Å². The Balaban J connectivity index is 2.79. The monoisotopic (exact) mass is 213 g/mol. The minimum absolute atomic E-state index is 0.0793. The largest absolute Gasteiger partial charge is 0.239 e. The molecule has 0 aliphatic heterocycles. The lowest BCUT2D eigenvalue weighted by Gasteiger charge is -2.05. The summed E-state index contributed by atoms with van der Waals surface area (Å²) < 4.78 is 15.1. The third-order valence-corrected chi connectivity index (χ3v) is 2.19. The lowest BCUT2D eigenvalue weighted by molar-refractivity contribution is 0.518. The van der Waals surface area contributed by atoms with Crippen LogP contribution in [0.2, 0.25) is 5.02 Å². The van der Waals surface area contributed by atoms with E-state index in [0.717, 1.165) is 0 Å². The van der Waals surface area contributed by atoms with Crippen LogP contribution in [0.3, 0.4) is 0 Å². The quantitative estimate of drug-likeness (QED) is 0.729. The van der Waals surface area contributed by atoms with E-state index in [1.54, 1.807) is 10.7 Å². The van der Waals surface area contributed by atoms with Crippen LogP contribution in [0, 0.1) is 5.82 Å². The second kappa shape index (κ2) is 3.20. The average molecular weight is 214 g/mol. The SMILES string of the molecule is CC(C)n1nnc2cc(Cl)cc(F)c21. The number of fused-ring (bicyclic) bond motifs is 1. The van der Waals surface area contributed by atoms with Crippen molar-refractivity contribution in [3.63, 3.8) is 0 Å². The smallest absolute Gasteiger partial charge is 0.152 e. The van der Waals surface area contributed by atoms with Gasteiger partial charge in [0, 0.05) is 11.1 Å². The zero-order valence-corrected chi connectivity index (χ0v) is 8.59. The molecule has 0 fully saturated rings. The van der Waals surface area contributed by atoms with Crippen molar-refractivity contribution in [3.05, 3.63) is 23.0 Å². The second-order valence-electron chi connectivity index (χ2n) is 3.38. The van der Waals surface area contributed by atoms with Gasteiger partial charge in [-0.3, -0.25) is 0 Å². The van der Waals surface area contributed by atoms with E-state index in [9.17, 15) is 4.39 Å². The lowest BCUT2D eigenvalue weighted by atomic mass is 10.3. The Morgan fingerprint density at radius 1 is 1.43 bits per heavy atom. The fourth-order valence-corrected chi connectivity index (χ4v) is 1.56. The summed E-state index contributed by atoms with van der Waals surface area (Å²) in [6.45, 7) is 3.84. The number of rotatable bonds is 1. The molecule has 0 atom stereocenters. The molecule has 0 saturated carbocycles. The van der Waals surface area contributed by atoms with Gasteiger partial charge in [-0.25, -0.2) is 9.07 Å². The Morgan fingerprint density at radius 3 is 2.79 bits per heavy atom. The van der Waals surface area contributed by atoms with Crippen LogP contribution >= 0.6 is 11.6 Å². The number of hydrogen-bond donors (Lipinski definition) is 0. The van der Waals surface area contributed by atoms with Gasteiger partial charge in [0.2, 0.25) is 0 Å². The van der Waals surface area contributed by atoms with Gasteiger partial charge in [0.1, 0.15) is 11.0 Å². The molecule has 0 spiro atoms. The van der Waals surface area contributed by atoms with Gasteiger partial charge >= 0.3 is 0 Å². The Hall–Kier alpha value is -1.16. The molecule has 0 unspecified atom stereocenters. The Kier molecular flexibility index (Phi) is 2.15. The van der Waals surface area contributed by atoms with Crippen molar-refractivity contribution in [2.24, 2.45) is 0 Å². The standard InChI is InChI=1S/C9H9ClFN3/c1-5(2)14-9-7(11)3-6(10)4-8(9)12-13-14/h3-5H,1-2H3. The van der Waals surface area contributed by atoms with E-state index in [4.69, 9.17) is 11.6 Å². The molecule has 0 saturated heterocycles. The fraction of sp³-hybridized carbons (Fsp3) is 0.333. The predicted octanol–water partition coefficient (Wildman–Crippen LogP) is 2.80. The molecule has 0 amide bonds. The van der Waals surface area contributed by atoms with E-state index in [2.05, 4.69) is 10.3 Å². The molecule has 0 radical (unpaired) electrons. The first-order chi connectivity index (χ1) is 6.59. The van der Waals surface area contributed by atoms with Crippen LogP contribution in [-0.4, -0.2) is 15.0 Å². The number of nitrogens with zero attached hydrogens (tertiary/aromatic N) is 3. The summed E-state index contributed by atoms with van der Waals surface area (Å²) in [6, 6.07) is 2.95. The number of hydrogen-bond acceptors (Lipinski definition) is 2. The first-order valence-corrected chi connectivity index (χ1v) is 4.67. The Bertz CT molecular complexity index is 478. The minimum atomic E-state index is -0.383. The number of aromatic nitrogens is 3. The van der Waals surface area contributed by atoms with Gasteiger partial charge in [0.15, 0.2) is 5.82 Å². The van der Waals surface area contributed by atoms with Gasteiger partial charge in [-0.2, -0.15) is 0 Å². The van der Waals surface area contributed by atoms with Gasteiger partial charge < -0.3 is 0 Å². The highest BCUT2D eigenvalue weighted by Gasteiger charge is 2.12. The van der Waals surface area contributed by atoms with Crippen LogP contribution in [0.5, 0.6) is 0 Å². The minimum Gasteiger partial charge on any atom is -0.239 e. The van der Waals surface area contributed by atoms with E-state index in [1.165, 1.54) is 6.07 Å². The lowest BCUT2D eigenvalue weighted by Crippen LogP contribution is -2.03. The third kappa shape index (κ3) is 1.35. The summed E-state index contributed by atoms with van der Waals surface area (Å²) in [5.74, 6) is -0.383. The van der Waals surface area contributed by atoms with Gasteiger partial charge in [0.05, 0.1) is 0 Å². The highest BCUT2D eigenvalue weighted by molar-refractivity contribution is 6.31. The maximum Gasteiger partial charge on any atom is 0.152 e. The Labute approximate surface area is 85.5 Å². The molecule has 1 aromatic carbocycles. The van der Waals surface area contributed by atoms with Gasteiger partial charge in [-0.15, -0.1) is 5.10 Å². The van der Waals surface area contributed by atoms with E-state index in [1.807, 2.05) is 13.8 Å². The number of halogens is 2. The first-order valence-electron chi connectivity index (χ1n) is 4.29. The summed E-state index contributed by atoms with van der Waals surface area (Å²) in [7, 11) is 0. The van der Waals surface area contributed by atoms with Crippen molar-refractivity contribution >= 4 is 22.6 Å². The molecule has 1 aromatic heterocycles. The molecule has 0 aliphatic rings. The van der Waals surface area contributed by atoms with E-state index in [-0.39, 0.29) is 11.9 Å². The van der Waals surface area contributed by atoms with Crippen LogP contribution in [0.25, 0.3) is 11.0 Å². The molecule has 0 N–H and O–H groups in total. The van der Waals surface area contributed by atoms with E-state index < -0.39 is 0 Å². The molecular formula is C9H9ClFN3. The highest BCUT2D eigenvalue weighted by Crippen LogP contribution is 2.22. The molecule has 1 heterocycles. The predicted molar refractivity (Wildman–Crippen MR) is 52.9 cm³/mol. The maximum atomic E-state index is 13.5. The van der Waals surface area contributed by atoms with Crippen LogP contribution in [-0.2, 0) is 0 Å². The molecule has 3 nitrogen and oxygen atoms in total. The van der Waals surface area contributed by atoms with Crippen LogP contribution in [0.4, 0.5) is 4.39 Å². The fourth-order valence-electron chi connectivity index (χ4n) is 1.36. The molecule has 0 bridgehead atoms. The maximum absolute atomic E-state index is 13.5. The van der Waals surface area contributed by atoms with Crippen molar-refractivity contribution in [2.45, 2.75) is 19.9 Å². The normalized spacial score (nSPS) is 11.5. The topological polar surface area (TPSA) is 30.7 Å². The molecular weight excluding hydrogens is 205 g/mol. The van der Waals surface area contributed by atoms with E-state index >= 15 is 0 Å². The van der Waals surface area contributed by atoms with Crippen molar-refractivity contribution in [1.82, 2.24) is 15.0 Å². The molecule has 14 heavy (non-hydrogen) atoms.